The summed E-state index contributed by atoms with van der Waals surface area (Å²) in [5, 5.41) is 7.38. The Hall–Kier alpha value is -3.70. The lowest BCUT2D eigenvalue weighted by Crippen LogP contribution is -2.34. The summed E-state index contributed by atoms with van der Waals surface area (Å²) >= 11 is 6.18. The van der Waals surface area contributed by atoms with Crippen LogP contribution in [0.4, 0.5) is 0 Å². The Labute approximate surface area is 197 Å². The third kappa shape index (κ3) is 5.76. The van der Waals surface area contributed by atoms with Gasteiger partial charge in [0.05, 0.1) is 28.6 Å². The summed E-state index contributed by atoms with van der Waals surface area (Å²) in [5.41, 5.74) is 3.26. The first kappa shape index (κ1) is 22.5. The van der Waals surface area contributed by atoms with Gasteiger partial charge in [-0.05, 0) is 35.7 Å². The number of hydrogen-bond acceptors (Lipinski definition) is 3. The van der Waals surface area contributed by atoms with Gasteiger partial charge in [0.2, 0.25) is 5.91 Å². The molecule has 1 unspecified atom stereocenters. The molecule has 33 heavy (non-hydrogen) atoms. The Bertz CT molecular complexity index is 1260. The second-order valence-corrected chi connectivity index (χ2v) is 8.12. The molecule has 1 aromatic heterocycles. The lowest BCUT2D eigenvalue weighted by atomic mass is 10.0. The highest BCUT2D eigenvalue weighted by Crippen LogP contribution is 2.20. The molecule has 0 fully saturated rings. The Morgan fingerprint density at radius 1 is 0.879 bits per heavy atom. The highest BCUT2D eigenvalue weighted by atomic mass is 35.5. The van der Waals surface area contributed by atoms with Gasteiger partial charge in [-0.2, -0.15) is 0 Å². The van der Waals surface area contributed by atoms with E-state index in [4.69, 9.17) is 11.6 Å². The minimum Gasteiger partial charge on any atom is -0.356 e. The van der Waals surface area contributed by atoms with Crippen LogP contribution in [0, 0.1) is 0 Å². The molecule has 0 aliphatic rings. The number of aromatic nitrogens is 1. The quantitative estimate of drug-likeness (QED) is 0.386. The monoisotopic (exact) mass is 457 g/mol. The molecule has 0 radical (unpaired) electrons. The molecule has 6 heteroatoms. The van der Waals surface area contributed by atoms with Gasteiger partial charge in [0.1, 0.15) is 0 Å². The zero-order valence-corrected chi connectivity index (χ0v) is 18.8. The van der Waals surface area contributed by atoms with E-state index in [0.717, 1.165) is 22.0 Å². The first-order valence-corrected chi connectivity index (χ1v) is 11.2. The lowest BCUT2D eigenvalue weighted by Gasteiger charge is -2.19. The zero-order valence-electron chi connectivity index (χ0n) is 18.0. The van der Waals surface area contributed by atoms with Gasteiger partial charge in [0.25, 0.3) is 5.91 Å². The first-order chi connectivity index (χ1) is 16.1. The smallest absolute Gasteiger partial charge is 0.253 e. The van der Waals surface area contributed by atoms with E-state index >= 15 is 0 Å². The van der Waals surface area contributed by atoms with Crippen LogP contribution in [0.1, 0.15) is 33.9 Å². The van der Waals surface area contributed by atoms with Crippen LogP contribution in [-0.4, -0.2) is 23.3 Å². The van der Waals surface area contributed by atoms with E-state index in [-0.39, 0.29) is 18.2 Å². The van der Waals surface area contributed by atoms with Crippen molar-refractivity contribution >= 4 is 34.3 Å². The van der Waals surface area contributed by atoms with Crippen LogP contribution < -0.4 is 10.6 Å². The summed E-state index contributed by atoms with van der Waals surface area (Å²) in [5.74, 6) is -0.458. The standard InChI is InChI=1S/C27H24ClN3O2/c28-23-14-5-4-13-22(23)27(33)31-24(19-8-2-1-3-9-19)18-25(32)29-17-15-21-11-6-10-20-12-7-16-30-26(20)21/h1-14,16,24H,15,17-18H2,(H,29,32)(H,31,33). The van der Waals surface area contributed by atoms with Crippen LogP contribution in [-0.2, 0) is 11.2 Å². The average molecular weight is 458 g/mol. The van der Waals surface area contributed by atoms with Crippen molar-refractivity contribution in [1.29, 1.82) is 0 Å². The molecule has 166 valence electrons. The molecular weight excluding hydrogens is 434 g/mol. The van der Waals surface area contributed by atoms with Gasteiger partial charge in [-0.3, -0.25) is 14.6 Å². The number of fused-ring (bicyclic) bond motifs is 1. The van der Waals surface area contributed by atoms with Gasteiger partial charge in [0.15, 0.2) is 0 Å². The van der Waals surface area contributed by atoms with E-state index in [9.17, 15) is 9.59 Å². The minimum atomic E-state index is -0.478. The van der Waals surface area contributed by atoms with Crippen molar-refractivity contribution in [2.24, 2.45) is 0 Å². The minimum absolute atomic E-state index is 0.119. The largest absolute Gasteiger partial charge is 0.356 e. The number of nitrogens with one attached hydrogen (secondary N) is 2. The van der Waals surface area contributed by atoms with Gasteiger partial charge in [-0.15, -0.1) is 0 Å². The predicted octanol–water partition coefficient (Wildman–Crippen LogP) is 5.11. The molecule has 0 saturated heterocycles. The number of carbonyl (C=O) groups excluding carboxylic acids is 2. The number of rotatable bonds is 8. The van der Waals surface area contributed by atoms with Crippen molar-refractivity contribution in [3.8, 4) is 0 Å². The maximum Gasteiger partial charge on any atom is 0.253 e. The molecule has 5 nitrogen and oxygen atoms in total. The molecule has 0 aliphatic carbocycles. The third-order valence-electron chi connectivity index (χ3n) is 5.45. The van der Waals surface area contributed by atoms with Crippen LogP contribution in [0.3, 0.4) is 0 Å². The van der Waals surface area contributed by atoms with E-state index in [1.807, 2.05) is 60.7 Å². The number of para-hydroxylation sites is 1. The summed E-state index contributed by atoms with van der Waals surface area (Å²) in [4.78, 5) is 30.0. The second kappa shape index (κ2) is 10.7. The molecule has 1 heterocycles. The zero-order chi connectivity index (χ0) is 23.0. The van der Waals surface area contributed by atoms with Gasteiger partial charge >= 0.3 is 0 Å². The van der Waals surface area contributed by atoms with Crippen LogP contribution in [0.15, 0.2) is 91.1 Å². The number of carbonyl (C=O) groups is 2. The number of nitrogens with zero attached hydrogens (tertiary/aromatic N) is 1. The number of benzene rings is 3. The van der Waals surface area contributed by atoms with E-state index in [1.165, 1.54) is 0 Å². The van der Waals surface area contributed by atoms with Crippen LogP contribution in [0.25, 0.3) is 10.9 Å². The van der Waals surface area contributed by atoms with Crippen LogP contribution in [0.2, 0.25) is 5.02 Å². The summed E-state index contributed by atoms with van der Waals surface area (Å²) in [6.07, 6.45) is 2.56. The van der Waals surface area contributed by atoms with Crippen molar-refractivity contribution in [2.45, 2.75) is 18.9 Å². The molecule has 2 amide bonds. The SMILES string of the molecule is O=C(CC(NC(=O)c1ccccc1Cl)c1ccccc1)NCCc1cccc2cccnc12. The predicted molar refractivity (Wildman–Crippen MR) is 131 cm³/mol. The molecule has 0 aliphatic heterocycles. The van der Waals surface area contributed by atoms with Gasteiger partial charge in [-0.25, -0.2) is 0 Å². The Kier molecular flexibility index (Phi) is 7.33. The van der Waals surface area contributed by atoms with E-state index in [0.29, 0.717) is 23.6 Å². The maximum absolute atomic E-state index is 12.8. The van der Waals surface area contributed by atoms with Crippen molar-refractivity contribution in [3.05, 3.63) is 113 Å². The van der Waals surface area contributed by atoms with Gasteiger partial charge in [0, 0.05) is 18.1 Å². The van der Waals surface area contributed by atoms with Crippen molar-refractivity contribution < 1.29 is 9.59 Å². The Balaban J connectivity index is 1.41. The summed E-state index contributed by atoms with van der Waals surface area (Å²) in [7, 11) is 0. The Morgan fingerprint density at radius 3 is 2.45 bits per heavy atom. The average Bonchev–Trinajstić information content (AvgIpc) is 2.84. The van der Waals surface area contributed by atoms with E-state index in [1.54, 1.807) is 30.5 Å². The summed E-state index contributed by atoms with van der Waals surface area (Å²) < 4.78 is 0. The van der Waals surface area contributed by atoms with Gasteiger partial charge in [-0.1, -0.05) is 78.3 Å². The number of amides is 2. The molecule has 0 saturated carbocycles. The fourth-order valence-corrected chi connectivity index (χ4v) is 4.00. The molecule has 4 rings (SSSR count). The number of halogens is 1. The molecule has 1 atom stereocenters. The number of hydrogen-bond donors (Lipinski definition) is 2. The summed E-state index contributed by atoms with van der Waals surface area (Å²) in [6.45, 7) is 0.481. The van der Waals surface area contributed by atoms with Crippen molar-refractivity contribution in [2.75, 3.05) is 6.54 Å². The van der Waals surface area contributed by atoms with Crippen molar-refractivity contribution in [1.82, 2.24) is 15.6 Å². The Morgan fingerprint density at radius 2 is 1.64 bits per heavy atom. The molecule has 4 aromatic rings. The molecular formula is C27H24ClN3O2. The first-order valence-electron chi connectivity index (χ1n) is 10.8. The van der Waals surface area contributed by atoms with Crippen LogP contribution in [0.5, 0.6) is 0 Å². The molecule has 0 bridgehead atoms. The van der Waals surface area contributed by atoms with E-state index < -0.39 is 6.04 Å². The molecule has 3 aromatic carbocycles. The second-order valence-electron chi connectivity index (χ2n) is 7.71. The third-order valence-corrected chi connectivity index (χ3v) is 5.78. The maximum atomic E-state index is 12.8. The highest BCUT2D eigenvalue weighted by Gasteiger charge is 2.20. The fraction of sp³-hybridized carbons (Fsp3) is 0.148. The van der Waals surface area contributed by atoms with Crippen LogP contribution >= 0.6 is 11.6 Å². The number of pyridine rings is 1. The normalized spacial score (nSPS) is 11.7. The molecule has 2 N–H and O–H groups in total. The molecule has 0 spiro atoms. The van der Waals surface area contributed by atoms with E-state index in [2.05, 4.69) is 15.6 Å². The highest BCUT2D eigenvalue weighted by molar-refractivity contribution is 6.33. The summed E-state index contributed by atoms with van der Waals surface area (Å²) in [6, 6.07) is 25.8. The fourth-order valence-electron chi connectivity index (χ4n) is 3.78. The van der Waals surface area contributed by atoms with Crippen molar-refractivity contribution in [3.63, 3.8) is 0 Å². The lowest BCUT2D eigenvalue weighted by molar-refractivity contribution is -0.121. The topological polar surface area (TPSA) is 71.1 Å². The van der Waals surface area contributed by atoms with Gasteiger partial charge < -0.3 is 10.6 Å².